The van der Waals surface area contributed by atoms with E-state index in [1.54, 1.807) is 44.2 Å². The molecule has 1 amide bonds. The van der Waals surface area contributed by atoms with Gasteiger partial charge < -0.3 is 9.84 Å². The van der Waals surface area contributed by atoms with E-state index in [1.807, 2.05) is 0 Å². The molecule has 0 aliphatic heterocycles. The number of aliphatic hydroxyl groups excluding tert-OH is 1. The molecule has 0 bridgehead atoms. The van der Waals surface area contributed by atoms with Crippen LogP contribution in [-0.4, -0.2) is 17.3 Å². The number of allylic oxidation sites excluding steroid dienone is 1. The van der Waals surface area contributed by atoms with Crippen molar-refractivity contribution in [3.05, 3.63) is 47.1 Å². The van der Waals surface area contributed by atoms with Gasteiger partial charge in [0, 0.05) is 16.8 Å². The van der Waals surface area contributed by atoms with Crippen molar-refractivity contribution in [3.63, 3.8) is 0 Å². The summed E-state index contributed by atoms with van der Waals surface area (Å²) in [5, 5.41) is 12.9. The Morgan fingerprint density at radius 1 is 1.50 bits per heavy atom. The van der Waals surface area contributed by atoms with Crippen LogP contribution in [-0.2, 0) is 4.74 Å². The van der Waals surface area contributed by atoms with Crippen molar-refractivity contribution in [2.45, 2.75) is 26.1 Å². The Bertz CT molecular complexity index is 434. The molecule has 4 nitrogen and oxygen atoms in total. The molecule has 0 saturated carbocycles. The fraction of sp³-hybridized carbons (Fsp3) is 0.308. The highest BCUT2D eigenvalue weighted by molar-refractivity contribution is 6.31. The number of hydrogen-bond acceptors (Lipinski definition) is 3. The van der Waals surface area contributed by atoms with Crippen LogP contribution in [0.4, 0.5) is 4.79 Å². The predicted octanol–water partition coefficient (Wildman–Crippen LogP) is 3.02. The van der Waals surface area contributed by atoms with Gasteiger partial charge in [-0.1, -0.05) is 35.9 Å². The number of alkyl carbamates (subject to hydrolysis) is 1. The zero-order chi connectivity index (χ0) is 13.5. The minimum Gasteiger partial charge on any atom is -0.443 e. The zero-order valence-electron chi connectivity index (χ0n) is 10.3. The number of rotatable bonds is 4. The van der Waals surface area contributed by atoms with Crippen molar-refractivity contribution in [1.29, 1.82) is 0 Å². The molecule has 0 heterocycles. The Labute approximate surface area is 111 Å². The molecule has 0 aromatic heterocycles. The van der Waals surface area contributed by atoms with Crippen LogP contribution in [0, 0.1) is 0 Å². The Morgan fingerprint density at radius 3 is 2.78 bits per heavy atom. The quantitative estimate of drug-likeness (QED) is 0.883. The molecule has 1 aromatic rings. The smallest absolute Gasteiger partial charge is 0.411 e. The van der Waals surface area contributed by atoms with Gasteiger partial charge in [-0.25, -0.2) is 4.79 Å². The Balaban J connectivity index is 2.64. The van der Waals surface area contributed by atoms with Crippen LogP contribution in [0.5, 0.6) is 0 Å². The van der Waals surface area contributed by atoms with Crippen LogP contribution in [0.2, 0.25) is 5.02 Å². The second kappa shape index (κ2) is 7.03. The number of carbonyl (C=O) groups is 1. The van der Waals surface area contributed by atoms with Crippen LogP contribution < -0.4 is 5.32 Å². The molecule has 2 N–H and O–H groups in total. The van der Waals surface area contributed by atoms with E-state index in [0.29, 0.717) is 10.6 Å². The molecule has 0 aliphatic rings. The van der Waals surface area contributed by atoms with E-state index < -0.39 is 18.3 Å². The highest BCUT2D eigenvalue weighted by Gasteiger charge is 2.21. The maximum atomic E-state index is 11.3. The summed E-state index contributed by atoms with van der Waals surface area (Å²) in [6.07, 6.45) is 0.838. The molecule has 1 aromatic carbocycles. The molecule has 0 fully saturated rings. The Hall–Kier alpha value is -1.52. The van der Waals surface area contributed by atoms with Crippen LogP contribution in [0.3, 0.4) is 0 Å². The normalized spacial score (nSPS) is 14.2. The van der Waals surface area contributed by atoms with Gasteiger partial charge in [0.05, 0.1) is 0 Å². The van der Waals surface area contributed by atoms with Crippen molar-refractivity contribution in [1.82, 2.24) is 5.32 Å². The summed E-state index contributed by atoms with van der Waals surface area (Å²) < 4.78 is 5.01. The minimum atomic E-state index is -0.963. The van der Waals surface area contributed by atoms with Crippen molar-refractivity contribution >= 4 is 17.7 Å². The third-order valence-corrected chi connectivity index (χ3v) is 2.67. The molecule has 0 aliphatic carbocycles. The van der Waals surface area contributed by atoms with E-state index in [1.165, 1.54) is 6.20 Å². The maximum Gasteiger partial charge on any atom is 0.411 e. The average molecular weight is 270 g/mol. The number of hydrogen-bond donors (Lipinski definition) is 2. The van der Waals surface area contributed by atoms with Crippen molar-refractivity contribution < 1.29 is 14.6 Å². The first-order valence-electron chi connectivity index (χ1n) is 5.57. The number of halogens is 1. The Morgan fingerprint density at radius 2 is 2.17 bits per heavy atom. The highest BCUT2D eigenvalue weighted by Crippen LogP contribution is 2.26. The van der Waals surface area contributed by atoms with Gasteiger partial charge in [-0.2, -0.15) is 0 Å². The summed E-state index contributed by atoms with van der Waals surface area (Å²) >= 11 is 5.96. The van der Waals surface area contributed by atoms with Gasteiger partial charge in [0.25, 0.3) is 0 Å². The zero-order valence-corrected chi connectivity index (χ0v) is 11.0. The number of benzene rings is 1. The summed E-state index contributed by atoms with van der Waals surface area (Å²) in [6.45, 7) is 3.37. The maximum absolute atomic E-state index is 11.3. The monoisotopic (exact) mass is 269 g/mol. The second-order valence-corrected chi connectivity index (χ2v) is 4.13. The molecule has 0 unspecified atom stereocenters. The summed E-state index contributed by atoms with van der Waals surface area (Å²) in [5.74, 6) is 0. The van der Waals surface area contributed by atoms with Gasteiger partial charge in [-0.3, -0.25) is 5.32 Å². The number of carbonyl (C=O) groups excluding carboxylic acids is 1. The van der Waals surface area contributed by atoms with E-state index in [4.69, 9.17) is 16.3 Å². The fourth-order valence-electron chi connectivity index (χ4n) is 1.39. The summed E-state index contributed by atoms with van der Waals surface area (Å²) in [4.78, 5) is 11.3. The van der Waals surface area contributed by atoms with Crippen LogP contribution in [0.25, 0.3) is 0 Å². The lowest BCUT2D eigenvalue weighted by molar-refractivity contribution is 0.0133. The van der Waals surface area contributed by atoms with Crippen LogP contribution in [0.15, 0.2) is 36.5 Å². The van der Waals surface area contributed by atoms with E-state index in [9.17, 15) is 9.90 Å². The molecule has 2 atom stereocenters. The predicted molar refractivity (Wildman–Crippen MR) is 70.3 cm³/mol. The molecule has 5 heteroatoms. The highest BCUT2D eigenvalue weighted by atomic mass is 35.5. The first-order valence-corrected chi connectivity index (χ1v) is 5.95. The number of nitrogens with one attached hydrogen (secondary N) is 1. The second-order valence-electron chi connectivity index (χ2n) is 3.72. The number of ether oxygens (including phenoxy) is 1. The topological polar surface area (TPSA) is 58.6 Å². The third kappa shape index (κ3) is 4.05. The number of amides is 1. The molecule has 18 heavy (non-hydrogen) atoms. The SMILES string of the molecule is C/C=C/NC(=O)O[C@@H](C)[C@@H](O)c1ccccc1Cl. The lowest BCUT2D eigenvalue weighted by atomic mass is 10.1. The average Bonchev–Trinajstić information content (AvgIpc) is 2.36. The van der Waals surface area contributed by atoms with Crippen molar-refractivity contribution in [2.24, 2.45) is 0 Å². The van der Waals surface area contributed by atoms with E-state index in [0.717, 1.165) is 0 Å². The van der Waals surface area contributed by atoms with Crippen molar-refractivity contribution in [3.8, 4) is 0 Å². The summed E-state index contributed by atoms with van der Waals surface area (Å²) in [5.41, 5.74) is 0.533. The van der Waals surface area contributed by atoms with E-state index >= 15 is 0 Å². The number of aliphatic hydroxyl groups is 1. The molecule has 0 saturated heterocycles. The van der Waals surface area contributed by atoms with Gasteiger partial charge in [0.15, 0.2) is 0 Å². The van der Waals surface area contributed by atoms with Gasteiger partial charge in [-0.05, 0) is 19.9 Å². The fourth-order valence-corrected chi connectivity index (χ4v) is 1.63. The van der Waals surface area contributed by atoms with Crippen LogP contribution in [0.1, 0.15) is 25.5 Å². The summed E-state index contributed by atoms with van der Waals surface area (Å²) in [7, 11) is 0. The van der Waals surface area contributed by atoms with Crippen LogP contribution >= 0.6 is 11.6 Å². The lowest BCUT2D eigenvalue weighted by Crippen LogP contribution is -2.28. The first-order chi connectivity index (χ1) is 8.56. The Kier molecular flexibility index (Phi) is 5.68. The largest absolute Gasteiger partial charge is 0.443 e. The molecular weight excluding hydrogens is 254 g/mol. The van der Waals surface area contributed by atoms with Crippen molar-refractivity contribution in [2.75, 3.05) is 0 Å². The van der Waals surface area contributed by atoms with E-state index in [-0.39, 0.29) is 0 Å². The molecule has 1 rings (SSSR count). The standard InChI is InChI=1S/C13H16ClNO3/c1-3-8-15-13(17)18-9(2)12(16)10-6-4-5-7-11(10)14/h3-9,12,16H,1-2H3,(H,15,17)/b8-3+/t9-,12+/m0/s1. The minimum absolute atomic E-state index is 0.439. The molecular formula is C13H16ClNO3. The lowest BCUT2D eigenvalue weighted by Gasteiger charge is -2.20. The molecule has 0 radical (unpaired) electrons. The van der Waals surface area contributed by atoms with Gasteiger partial charge >= 0.3 is 6.09 Å². The molecule has 98 valence electrons. The first kappa shape index (κ1) is 14.5. The summed E-state index contributed by atoms with van der Waals surface area (Å²) in [6, 6.07) is 6.89. The van der Waals surface area contributed by atoms with Gasteiger partial charge in [-0.15, -0.1) is 0 Å². The van der Waals surface area contributed by atoms with E-state index in [2.05, 4.69) is 5.32 Å². The molecule has 0 spiro atoms. The third-order valence-electron chi connectivity index (χ3n) is 2.33. The van der Waals surface area contributed by atoms with Gasteiger partial charge in [0.1, 0.15) is 12.2 Å². The van der Waals surface area contributed by atoms with Gasteiger partial charge in [0.2, 0.25) is 0 Å².